The monoisotopic (exact) mass is 519 g/mol. The van der Waals surface area contributed by atoms with E-state index in [-0.39, 0.29) is 18.4 Å². The van der Waals surface area contributed by atoms with Gasteiger partial charge in [-0.2, -0.15) is 0 Å². The number of amides is 2. The summed E-state index contributed by atoms with van der Waals surface area (Å²) in [6.07, 6.45) is 18.4. The molecule has 2 atom stereocenters. The van der Waals surface area contributed by atoms with Crippen molar-refractivity contribution in [2.24, 2.45) is 5.92 Å². The van der Waals surface area contributed by atoms with Gasteiger partial charge in [0.05, 0.1) is 6.04 Å². The van der Waals surface area contributed by atoms with Crippen molar-refractivity contribution in [1.29, 1.82) is 0 Å². The van der Waals surface area contributed by atoms with E-state index in [4.69, 9.17) is 17.4 Å². The van der Waals surface area contributed by atoms with Crippen LogP contribution >= 0.6 is 12.2 Å². The van der Waals surface area contributed by atoms with Gasteiger partial charge in [-0.05, 0) is 25.5 Å². The number of unbranched alkanes of at least 4 members (excludes halogenated alkanes) is 13. The van der Waals surface area contributed by atoms with Crippen LogP contribution in [0.4, 0.5) is 5.69 Å². The Kier molecular flexibility index (Phi) is 18.8. The van der Waals surface area contributed by atoms with E-state index in [1.54, 1.807) is 5.48 Å². The highest BCUT2D eigenvalue weighted by Crippen LogP contribution is 2.18. The summed E-state index contributed by atoms with van der Waals surface area (Å²) in [6.45, 7) is 4.08. The van der Waals surface area contributed by atoms with Crippen molar-refractivity contribution in [3.8, 4) is 0 Å². The quantitative estimate of drug-likeness (QED) is 0.0591. The Bertz CT molecular complexity index is 730. The number of benzene rings is 1. The lowest BCUT2D eigenvalue weighted by Crippen LogP contribution is -2.44. The third-order valence-electron chi connectivity index (χ3n) is 6.63. The Labute approximate surface area is 224 Å². The van der Waals surface area contributed by atoms with Crippen molar-refractivity contribution in [2.45, 2.75) is 123 Å². The van der Waals surface area contributed by atoms with Gasteiger partial charge in [-0.1, -0.05) is 127 Å². The lowest BCUT2D eigenvalue weighted by Gasteiger charge is -2.21. The Balaban J connectivity index is 2.24. The van der Waals surface area contributed by atoms with E-state index in [9.17, 15) is 9.59 Å². The summed E-state index contributed by atoms with van der Waals surface area (Å²) in [5.74, 6) is -1.24. The molecule has 6 nitrogen and oxygen atoms in total. The molecule has 1 aromatic rings. The average molecular weight is 520 g/mol. The van der Waals surface area contributed by atoms with Crippen LogP contribution in [0.15, 0.2) is 30.3 Å². The fraction of sp³-hybridized carbons (Fsp3) is 0.690. The topological polar surface area (TPSA) is 90.5 Å². The van der Waals surface area contributed by atoms with Crippen molar-refractivity contribution in [1.82, 2.24) is 10.8 Å². The maximum absolute atomic E-state index is 12.9. The summed E-state index contributed by atoms with van der Waals surface area (Å²) >= 11 is 5.43. The number of hydroxylamine groups is 1. The largest absolute Gasteiger partial charge is 0.348 e. The second-order valence-corrected chi connectivity index (χ2v) is 10.3. The standard InChI is InChI=1S/C29H49N3O3S/c1-3-4-5-6-7-8-9-10-11-12-13-14-15-17-20-25(23-27(33)32-35)28(34)30-24(2)29(36)31-26-21-18-16-19-22-26/h16,18-19,21-22,24-25,35H,3-15,17,20,23H2,1-2H3,(H,30,34)(H,31,36)(H,32,33). The number of rotatable bonds is 21. The minimum absolute atomic E-state index is 0.0353. The molecule has 0 fully saturated rings. The first-order chi connectivity index (χ1) is 17.5. The van der Waals surface area contributed by atoms with Gasteiger partial charge in [0.2, 0.25) is 11.8 Å². The first kappa shape index (κ1) is 32.0. The minimum Gasteiger partial charge on any atom is -0.348 e. The molecule has 0 aliphatic carbocycles. The summed E-state index contributed by atoms with van der Waals surface area (Å²) in [7, 11) is 0. The summed E-state index contributed by atoms with van der Waals surface area (Å²) in [6, 6.07) is 9.19. The Morgan fingerprint density at radius 2 is 1.33 bits per heavy atom. The fourth-order valence-electron chi connectivity index (χ4n) is 4.35. The van der Waals surface area contributed by atoms with E-state index < -0.39 is 11.8 Å². The summed E-state index contributed by atoms with van der Waals surface area (Å²) in [5, 5.41) is 15.0. The maximum atomic E-state index is 12.9. The molecule has 0 heterocycles. The number of anilines is 1. The zero-order valence-corrected chi connectivity index (χ0v) is 23.3. The van der Waals surface area contributed by atoms with Crippen LogP contribution in [0.5, 0.6) is 0 Å². The third kappa shape index (κ3) is 15.9. The third-order valence-corrected chi connectivity index (χ3v) is 7.08. The molecular formula is C29H49N3O3S. The molecule has 0 aliphatic rings. The van der Waals surface area contributed by atoms with E-state index in [2.05, 4.69) is 17.6 Å². The predicted molar refractivity (Wildman–Crippen MR) is 153 cm³/mol. The molecule has 0 spiro atoms. The van der Waals surface area contributed by atoms with Crippen LogP contribution < -0.4 is 16.1 Å². The van der Waals surface area contributed by atoms with Crippen molar-refractivity contribution >= 4 is 34.7 Å². The van der Waals surface area contributed by atoms with Crippen molar-refractivity contribution < 1.29 is 14.8 Å². The first-order valence-electron chi connectivity index (χ1n) is 14.1. The lowest BCUT2D eigenvalue weighted by atomic mass is 9.95. The SMILES string of the molecule is CCCCCCCCCCCCCCCCC(CC(=O)NO)C(=O)NC(C)C(=S)Nc1ccccc1. The van der Waals surface area contributed by atoms with Gasteiger partial charge in [-0.15, -0.1) is 0 Å². The number of carbonyl (C=O) groups excluding carboxylic acids is 2. The van der Waals surface area contributed by atoms with Gasteiger partial charge in [0.15, 0.2) is 0 Å². The lowest BCUT2D eigenvalue weighted by molar-refractivity contribution is -0.135. The van der Waals surface area contributed by atoms with Crippen molar-refractivity contribution in [2.75, 3.05) is 5.32 Å². The van der Waals surface area contributed by atoms with Crippen LogP contribution in [-0.4, -0.2) is 28.1 Å². The number of carbonyl (C=O) groups is 2. The number of para-hydroxylation sites is 1. The van der Waals surface area contributed by atoms with Gasteiger partial charge in [-0.25, -0.2) is 5.48 Å². The van der Waals surface area contributed by atoms with Gasteiger partial charge >= 0.3 is 0 Å². The van der Waals surface area contributed by atoms with Gasteiger partial charge in [-0.3, -0.25) is 14.8 Å². The number of nitrogens with one attached hydrogen (secondary N) is 3. The van der Waals surface area contributed by atoms with Gasteiger partial charge in [0, 0.05) is 18.0 Å². The Morgan fingerprint density at radius 1 is 0.833 bits per heavy atom. The van der Waals surface area contributed by atoms with Crippen molar-refractivity contribution in [3.05, 3.63) is 30.3 Å². The van der Waals surface area contributed by atoms with Gasteiger partial charge in [0.25, 0.3) is 0 Å². The molecule has 2 unspecified atom stereocenters. The second-order valence-electron chi connectivity index (χ2n) is 9.91. The number of hydrogen-bond acceptors (Lipinski definition) is 4. The number of hydrogen-bond donors (Lipinski definition) is 4. The minimum atomic E-state index is -0.543. The molecule has 7 heteroatoms. The molecule has 1 aromatic carbocycles. The maximum Gasteiger partial charge on any atom is 0.244 e. The molecule has 4 N–H and O–H groups in total. The highest BCUT2D eigenvalue weighted by atomic mass is 32.1. The predicted octanol–water partition coefficient (Wildman–Crippen LogP) is 7.31. The summed E-state index contributed by atoms with van der Waals surface area (Å²) < 4.78 is 0. The Hall–Kier alpha value is -1.99. The average Bonchev–Trinajstić information content (AvgIpc) is 2.88. The second kappa shape index (κ2) is 21.1. The number of thiocarbonyl (C=S) groups is 1. The highest BCUT2D eigenvalue weighted by Gasteiger charge is 2.24. The molecule has 36 heavy (non-hydrogen) atoms. The van der Waals surface area contributed by atoms with Crippen LogP contribution in [0.3, 0.4) is 0 Å². The summed E-state index contributed by atoms with van der Waals surface area (Å²) in [4.78, 5) is 25.1. The molecule has 0 radical (unpaired) electrons. The molecule has 0 saturated heterocycles. The molecule has 0 saturated carbocycles. The molecule has 2 amide bonds. The van der Waals surface area contributed by atoms with Gasteiger partial charge < -0.3 is 10.6 Å². The smallest absolute Gasteiger partial charge is 0.244 e. The molecular weight excluding hydrogens is 470 g/mol. The van der Waals surface area contributed by atoms with E-state index in [1.165, 1.54) is 70.6 Å². The summed E-state index contributed by atoms with van der Waals surface area (Å²) in [5.41, 5.74) is 2.52. The van der Waals surface area contributed by atoms with E-state index in [0.29, 0.717) is 11.4 Å². The van der Waals surface area contributed by atoms with Crippen LogP contribution in [0.2, 0.25) is 0 Å². The normalized spacial score (nSPS) is 12.5. The van der Waals surface area contributed by atoms with Crippen LogP contribution in [0, 0.1) is 5.92 Å². The molecule has 1 rings (SSSR count). The van der Waals surface area contributed by atoms with E-state index >= 15 is 0 Å². The molecule has 0 aliphatic heterocycles. The van der Waals surface area contributed by atoms with Gasteiger partial charge in [0.1, 0.15) is 4.99 Å². The van der Waals surface area contributed by atoms with E-state index in [1.807, 2.05) is 37.3 Å². The van der Waals surface area contributed by atoms with Crippen LogP contribution in [0.1, 0.15) is 117 Å². The molecule has 0 aromatic heterocycles. The van der Waals surface area contributed by atoms with E-state index in [0.717, 1.165) is 24.9 Å². The van der Waals surface area contributed by atoms with Crippen LogP contribution in [0.25, 0.3) is 0 Å². The highest BCUT2D eigenvalue weighted by molar-refractivity contribution is 7.80. The zero-order chi connectivity index (χ0) is 26.4. The molecule has 0 bridgehead atoms. The molecule has 204 valence electrons. The zero-order valence-electron chi connectivity index (χ0n) is 22.5. The van der Waals surface area contributed by atoms with Crippen molar-refractivity contribution in [3.63, 3.8) is 0 Å². The fourth-order valence-corrected chi connectivity index (χ4v) is 4.53. The first-order valence-corrected chi connectivity index (χ1v) is 14.5. The van der Waals surface area contributed by atoms with Crippen LogP contribution in [-0.2, 0) is 9.59 Å². The Morgan fingerprint density at radius 3 is 1.83 bits per heavy atom.